The molecule has 1 heterocycles. The molecule has 0 radical (unpaired) electrons. The van der Waals surface area contributed by atoms with Crippen LogP contribution in [0, 0.1) is 6.92 Å². The van der Waals surface area contributed by atoms with E-state index in [-0.39, 0.29) is 16.7 Å². The number of amidine groups is 1. The van der Waals surface area contributed by atoms with E-state index in [0.29, 0.717) is 5.75 Å². The predicted octanol–water partition coefficient (Wildman–Crippen LogP) is 0.958. The van der Waals surface area contributed by atoms with E-state index in [1.165, 1.54) is 6.20 Å². The Morgan fingerprint density at radius 2 is 2.18 bits per heavy atom. The van der Waals surface area contributed by atoms with Gasteiger partial charge in [0, 0.05) is 6.20 Å². The first-order chi connectivity index (χ1) is 8.00. The summed E-state index contributed by atoms with van der Waals surface area (Å²) in [5.74, 6) is 0.617. The van der Waals surface area contributed by atoms with Crippen molar-refractivity contribution in [1.82, 2.24) is 0 Å². The Kier molecular flexibility index (Phi) is 2.89. The smallest absolute Gasteiger partial charge is 0.240 e. The topological polar surface area (TPSA) is 81.8 Å². The molecule has 6 heteroatoms. The van der Waals surface area contributed by atoms with Gasteiger partial charge in [-0.25, -0.2) is 13.4 Å². The first-order valence-electron chi connectivity index (χ1n) is 4.97. The van der Waals surface area contributed by atoms with Crippen LogP contribution in [0.1, 0.15) is 5.56 Å². The molecule has 0 bridgehead atoms. The summed E-state index contributed by atoms with van der Waals surface area (Å²) in [6.45, 7) is 1.87. The summed E-state index contributed by atoms with van der Waals surface area (Å²) in [7, 11) is -3.58. The maximum absolute atomic E-state index is 11.6. The zero-order chi connectivity index (χ0) is 12.5. The first-order valence-corrected chi connectivity index (χ1v) is 6.45. The van der Waals surface area contributed by atoms with Gasteiger partial charge in [-0.2, -0.15) is 0 Å². The van der Waals surface area contributed by atoms with E-state index in [1.54, 1.807) is 6.07 Å². The molecule has 0 unspecified atom stereocenters. The summed E-state index contributed by atoms with van der Waals surface area (Å²) < 4.78 is 28.5. The van der Waals surface area contributed by atoms with E-state index in [0.717, 1.165) is 5.56 Å². The molecular weight excluding hydrogens is 240 g/mol. The van der Waals surface area contributed by atoms with E-state index in [4.69, 9.17) is 10.5 Å². The fourth-order valence-corrected chi connectivity index (χ4v) is 2.25. The second-order valence-electron chi connectivity index (χ2n) is 3.67. The molecule has 1 aliphatic rings. The molecule has 5 nitrogen and oxygen atoms in total. The Hall–Kier alpha value is -1.82. The molecule has 0 fully saturated rings. The highest BCUT2D eigenvalue weighted by molar-refractivity contribution is 8.09. The van der Waals surface area contributed by atoms with Crippen LogP contribution in [0.5, 0.6) is 5.75 Å². The van der Waals surface area contributed by atoms with Crippen LogP contribution in [0.4, 0.5) is 0 Å². The van der Waals surface area contributed by atoms with Crippen LogP contribution in [-0.4, -0.2) is 20.2 Å². The molecule has 17 heavy (non-hydrogen) atoms. The third-order valence-corrected chi connectivity index (χ3v) is 3.90. The number of aryl methyl sites for hydroxylation is 1. The molecule has 2 rings (SSSR count). The third-order valence-electron chi connectivity index (χ3n) is 2.33. The van der Waals surface area contributed by atoms with Gasteiger partial charge in [0.05, 0.1) is 0 Å². The number of aliphatic imine (C=N–C) groups is 1. The van der Waals surface area contributed by atoms with Crippen LogP contribution in [-0.2, 0) is 9.84 Å². The van der Waals surface area contributed by atoms with Crippen LogP contribution in [0.25, 0.3) is 0 Å². The lowest BCUT2D eigenvalue weighted by atomic mass is 10.2. The van der Waals surface area contributed by atoms with Crippen molar-refractivity contribution in [2.45, 2.75) is 6.92 Å². The van der Waals surface area contributed by atoms with Crippen LogP contribution in [0.2, 0.25) is 0 Å². The molecule has 2 N–H and O–H groups in total. The lowest BCUT2D eigenvalue weighted by molar-refractivity contribution is 0.358. The molecule has 1 aromatic carbocycles. The van der Waals surface area contributed by atoms with E-state index in [2.05, 4.69) is 4.99 Å². The number of nitrogens with zero attached hydrogens (tertiary/aromatic N) is 1. The normalized spacial score (nSPS) is 17.5. The van der Waals surface area contributed by atoms with Crippen molar-refractivity contribution in [1.29, 1.82) is 0 Å². The van der Waals surface area contributed by atoms with Gasteiger partial charge < -0.3 is 10.5 Å². The highest BCUT2D eigenvalue weighted by Gasteiger charge is 2.27. The first kappa shape index (κ1) is 11.7. The summed E-state index contributed by atoms with van der Waals surface area (Å²) >= 11 is 0. The molecule has 1 aliphatic heterocycles. The summed E-state index contributed by atoms with van der Waals surface area (Å²) in [6, 6.07) is 7.36. The zero-order valence-electron chi connectivity index (χ0n) is 9.25. The van der Waals surface area contributed by atoms with E-state index < -0.39 is 9.84 Å². The van der Waals surface area contributed by atoms with Crippen molar-refractivity contribution < 1.29 is 13.2 Å². The summed E-state index contributed by atoms with van der Waals surface area (Å²) in [6.07, 6.45) is 1.22. The number of ether oxygens (including phenoxy) is 1. The molecule has 1 aromatic rings. The van der Waals surface area contributed by atoms with Gasteiger partial charge in [0.1, 0.15) is 17.3 Å². The quantitative estimate of drug-likeness (QED) is 0.868. The second-order valence-corrected chi connectivity index (χ2v) is 5.62. The lowest BCUT2D eigenvalue weighted by Crippen LogP contribution is -2.23. The van der Waals surface area contributed by atoms with Crippen LogP contribution in [0.3, 0.4) is 0 Å². The summed E-state index contributed by atoms with van der Waals surface area (Å²) in [4.78, 5) is 3.64. The number of hydrogen-bond acceptors (Lipinski definition) is 5. The molecule has 0 saturated carbocycles. The molecular formula is C11H12N2O3S. The minimum absolute atomic E-state index is 0.0595. The second kappa shape index (κ2) is 4.21. The van der Waals surface area contributed by atoms with Gasteiger partial charge >= 0.3 is 0 Å². The third kappa shape index (κ3) is 2.31. The monoisotopic (exact) mass is 252 g/mol. The maximum Gasteiger partial charge on any atom is 0.240 e. The Morgan fingerprint density at radius 3 is 2.76 bits per heavy atom. The Labute approximate surface area is 99.5 Å². The number of nitrogens with two attached hydrogens (primary N) is 1. The van der Waals surface area contributed by atoms with Gasteiger partial charge in [0.25, 0.3) is 0 Å². The number of rotatable bonds is 3. The SMILES string of the molecule is Cc1cccc(OCC2=CN=C(N)S2(=O)=O)c1. The van der Waals surface area contributed by atoms with Crippen LogP contribution in [0.15, 0.2) is 40.4 Å². The zero-order valence-corrected chi connectivity index (χ0v) is 10.1. The highest BCUT2D eigenvalue weighted by atomic mass is 32.2. The van der Waals surface area contributed by atoms with Gasteiger partial charge in [-0.15, -0.1) is 0 Å². The van der Waals surface area contributed by atoms with Crippen molar-refractivity contribution in [3.05, 3.63) is 40.9 Å². The van der Waals surface area contributed by atoms with E-state index in [9.17, 15) is 8.42 Å². The van der Waals surface area contributed by atoms with Crippen molar-refractivity contribution in [2.75, 3.05) is 6.61 Å². The fourth-order valence-electron chi connectivity index (χ4n) is 1.38. The number of benzene rings is 1. The molecule has 0 spiro atoms. The Bertz CT molecular complexity index is 603. The van der Waals surface area contributed by atoms with Crippen molar-refractivity contribution >= 4 is 15.0 Å². The maximum atomic E-state index is 11.6. The molecule has 0 amide bonds. The summed E-state index contributed by atoms with van der Waals surface area (Å²) in [5.41, 5.74) is 6.29. The number of hydrogen-bond donors (Lipinski definition) is 1. The van der Waals surface area contributed by atoms with Crippen molar-refractivity contribution in [3.63, 3.8) is 0 Å². The van der Waals surface area contributed by atoms with E-state index >= 15 is 0 Å². The van der Waals surface area contributed by atoms with Gasteiger partial charge in [-0.05, 0) is 24.6 Å². The van der Waals surface area contributed by atoms with Crippen molar-refractivity contribution in [3.8, 4) is 5.75 Å². The van der Waals surface area contributed by atoms with Gasteiger partial charge in [-0.1, -0.05) is 12.1 Å². The fraction of sp³-hybridized carbons (Fsp3) is 0.182. The minimum Gasteiger partial charge on any atom is -0.488 e. The predicted molar refractivity (Wildman–Crippen MR) is 65.3 cm³/mol. The van der Waals surface area contributed by atoms with Crippen LogP contribution < -0.4 is 10.5 Å². The Morgan fingerprint density at radius 1 is 1.41 bits per heavy atom. The minimum atomic E-state index is -3.58. The average Bonchev–Trinajstić information content (AvgIpc) is 2.52. The molecule has 0 atom stereocenters. The highest BCUT2D eigenvalue weighted by Crippen LogP contribution is 2.18. The largest absolute Gasteiger partial charge is 0.488 e. The molecule has 0 saturated heterocycles. The van der Waals surface area contributed by atoms with Crippen LogP contribution >= 0.6 is 0 Å². The molecule has 0 aliphatic carbocycles. The number of sulfone groups is 1. The van der Waals surface area contributed by atoms with Gasteiger partial charge in [0.15, 0.2) is 0 Å². The van der Waals surface area contributed by atoms with Gasteiger partial charge in [-0.3, -0.25) is 0 Å². The molecule has 90 valence electrons. The summed E-state index contributed by atoms with van der Waals surface area (Å²) in [5, 5.41) is -0.375. The van der Waals surface area contributed by atoms with Gasteiger partial charge in [0.2, 0.25) is 15.0 Å². The molecule has 0 aromatic heterocycles. The Balaban J connectivity index is 2.07. The van der Waals surface area contributed by atoms with E-state index in [1.807, 2.05) is 25.1 Å². The lowest BCUT2D eigenvalue weighted by Gasteiger charge is -2.07. The average molecular weight is 252 g/mol. The standard InChI is InChI=1S/C11H12N2O3S/c1-8-3-2-4-9(5-8)16-7-10-6-13-11(12)17(10,14)15/h2-6H,7H2,1H3,(H2,12,13). The van der Waals surface area contributed by atoms with Crippen molar-refractivity contribution in [2.24, 2.45) is 10.7 Å².